The van der Waals surface area contributed by atoms with Gasteiger partial charge >= 0.3 is 0 Å². The van der Waals surface area contributed by atoms with Gasteiger partial charge in [-0.3, -0.25) is 9.59 Å². The number of fused-ring (bicyclic) bond motifs is 3. The maximum atomic E-state index is 12.8. The van der Waals surface area contributed by atoms with Crippen molar-refractivity contribution in [1.82, 2.24) is 9.80 Å². The summed E-state index contributed by atoms with van der Waals surface area (Å²) in [5.74, 6) is 1.47. The van der Waals surface area contributed by atoms with Gasteiger partial charge in [-0.1, -0.05) is 0 Å². The molecule has 0 spiro atoms. The summed E-state index contributed by atoms with van der Waals surface area (Å²) in [6, 6.07) is 0.199. The first-order chi connectivity index (χ1) is 9.56. The lowest BCUT2D eigenvalue weighted by Crippen LogP contribution is -2.58. The van der Waals surface area contributed by atoms with Gasteiger partial charge in [-0.2, -0.15) is 0 Å². The van der Waals surface area contributed by atoms with Gasteiger partial charge < -0.3 is 9.80 Å². The number of amides is 1. The molecule has 4 nitrogen and oxygen atoms in total. The Morgan fingerprint density at radius 2 is 1.75 bits per heavy atom. The Balaban J connectivity index is 1.70. The number of hydrogen-bond acceptors (Lipinski definition) is 3. The van der Waals surface area contributed by atoms with Crippen molar-refractivity contribution in [1.29, 1.82) is 0 Å². The minimum Gasteiger partial charge on any atom is -0.338 e. The van der Waals surface area contributed by atoms with Crippen LogP contribution in [-0.4, -0.2) is 54.2 Å². The summed E-state index contributed by atoms with van der Waals surface area (Å²) < 4.78 is 0. The molecule has 1 saturated carbocycles. The molecule has 4 heteroatoms. The standard InChI is InChI=1S/C16H26N2O2/c1-11(19)14-9-12-3-4-15(14)18(10-12)16(20)13-5-7-17(2)8-6-13/h12-15H,3-10H2,1-2H3. The van der Waals surface area contributed by atoms with E-state index in [1.807, 2.05) is 0 Å². The molecule has 20 heavy (non-hydrogen) atoms. The van der Waals surface area contributed by atoms with E-state index >= 15 is 0 Å². The third-order valence-electron chi connectivity index (χ3n) is 5.65. The molecule has 3 aliphatic heterocycles. The average molecular weight is 278 g/mol. The first kappa shape index (κ1) is 14.1. The second-order valence-electron chi connectivity index (χ2n) is 7.03. The van der Waals surface area contributed by atoms with Gasteiger partial charge in [0.1, 0.15) is 5.78 Å². The zero-order valence-electron chi connectivity index (χ0n) is 12.7. The van der Waals surface area contributed by atoms with Gasteiger partial charge in [0.2, 0.25) is 5.91 Å². The van der Waals surface area contributed by atoms with Crippen LogP contribution in [-0.2, 0) is 9.59 Å². The van der Waals surface area contributed by atoms with Crippen LogP contribution in [0, 0.1) is 17.8 Å². The Kier molecular flexibility index (Phi) is 3.85. The van der Waals surface area contributed by atoms with Gasteiger partial charge in [0.05, 0.1) is 0 Å². The summed E-state index contributed by atoms with van der Waals surface area (Å²) >= 11 is 0. The number of Topliss-reactive ketones (excluding diaryl/α,β-unsaturated/α-hetero) is 1. The highest BCUT2D eigenvalue weighted by Crippen LogP contribution is 2.40. The van der Waals surface area contributed by atoms with E-state index in [-0.39, 0.29) is 23.7 Å². The molecule has 1 amide bonds. The molecule has 0 N–H and O–H groups in total. The highest BCUT2D eigenvalue weighted by Gasteiger charge is 2.45. The highest BCUT2D eigenvalue weighted by atomic mass is 16.2. The van der Waals surface area contributed by atoms with E-state index in [4.69, 9.17) is 0 Å². The fraction of sp³-hybridized carbons (Fsp3) is 0.875. The zero-order chi connectivity index (χ0) is 14.3. The van der Waals surface area contributed by atoms with E-state index in [0.29, 0.717) is 11.8 Å². The van der Waals surface area contributed by atoms with Crippen molar-refractivity contribution in [2.75, 3.05) is 26.7 Å². The lowest BCUT2D eigenvalue weighted by atomic mass is 9.71. The molecule has 0 aromatic carbocycles. The SMILES string of the molecule is CC(=O)C1CC2CCC1N(C(=O)C1CCN(C)CC1)C2. The van der Waals surface area contributed by atoms with Crippen molar-refractivity contribution < 1.29 is 9.59 Å². The molecule has 4 rings (SSSR count). The number of hydrogen-bond donors (Lipinski definition) is 0. The smallest absolute Gasteiger partial charge is 0.226 e. The number of nitrogens with zero attached hydrogens (tertiary/aromatic N) is 2. The first-order valence-corrected chi connectivity index (χ1v) is 8.05. The fourth-order valence-electron chi connectivity index (χ4n) is 4.37. The Hall–Kier alpha value is -0.900. The van der Waals surface area contributed by atoms with Crippen molar-refractivity contribution in [3.05, 3.63) is 0 Å². The predicted molar refractivity (Wildman–Crippen MR) is 77.2 cm³/mol. The molecule has 3 heterocycles. The molecular weight excluding hydrogens is 252 g/mol. The second-order valence-corrected chi connectivity index (χ2v) is 7.03. The molecule has 3 unspecified atom stereocenters. The van der Waals surface area contributed by atoms with Crippen molar-refractivity contribution in [2.24, 2.45) is 17.8 Å². The summed E-state index contributed by atoms with van der Waals surface area (Å²) in [7, 11) is 2.12. The molecule has 2 bridgehead atoms. The van der Waals surface area contributed by atoms with Gasteiger partial charge in [-0.25, -0.2) is 0 Å². The van der Waals surface area contributed by atoms with Crippen molar-refractivity contribution in [3.8, 4) is 0 Å². The lowest BCUT2D eigenvalue weighted by Gasteiger charge is -2.50. The minimum atomic E-state index is 0.109. The van der Waals surface area contributed by atoms with E-state index in [0.717, 1.165) is 45.3 Å². The molecule has 4 aliphatic rings. The Bertz CT molecular complexity index is 401. The van der Waals surface area contributed by atoms with Crippen LogP contribution in [0.3, 0.4) is 0 Å². The minimum absolute atomic E-state index is 0.109. The summed E-state index contributed by atoms with van der Waals surface area (Å²) in [6.07, 6.45) is 5.21. The second kappa shape index (κ2) is 5.47. The van der Waals surface area contributed by atoms with Crippen molar-refractivity contribution >= 4 is 11.7 Å². The lowest BCUT2D eigenvalue weighted by molar-refractivity contribution is -0.150. The molecule has 3 atom stereocenters. The van der Waals surface area contributed by atoms with Crippen LogP contribution < -0.4 is 0 Å². The average Bonchev–Trinajstić information content (AvgIpc) is 2.47. The predicted octanol–water partition coefficient (Wildman–Crippen LogP) is 1.54. The summed E-state index contributed by atoms with van der Waals surface area (Å²) in [5, 5.41) is 0. The van der Waals surface area contributed by atoms with E-state index < -0.39 is 0 Å². The molecular formula is C16H26N2O2. The molecule has 4 fully saturated rings. The zero-order valence-corrected chi connectivity index (χ0v) is 12.7. The Morgan fingerprint density at radius 3 is 2.35 bits per heavy atom. The van der Waals surface area contributed by atoms with Crippen LogP contribution in [0.25, 0.3) is 0 Å². The molecule has 0 aromatic heterocycles. The van der Waals surface area contributed by atoms with E-state index in [1.165, 1.54) is 6.42 Å². The summed E-state index contributed by atoms with van der Waals surface area (Å²) in [5.41, 5.74) is 0. The number of likely N-dealkylation sites (tertiary alicyclic amines) is 1. The topological polar surface area (TPSA) is 40.6 Å². The van der Waals surface area contributed by atoms with Gasteiger partial charge in [0.25, 0.3) is 0 Å². The van der Waals surface area contributed by atoms with Gasteiger partial charge in [-0.05, 0) is 65.1 Å². The number of carbonyl (C=O) groups excluding carboxylic acids is 2. The van der Waals surface area contributed by atoms with E-state index in [2.05, 4.69) is 16.8 Å². The van der Waals surface area contributed by atoms with Crippen LogP contribution >= 0.6 is 0 Å². The third-order valence-corrected chi connectivity index (χ3v) is 5.65. The summed E-state index contributed by atoms with van der Waals surface area (Å²) in [6.45, 7) is 4.65. The van der Waals surface area contributed by atoms with Crippen molar-refractivity contribution in [3.63, 3.8) is 0 Å². The van der Waals surface area contributed by atoms with Crippen LogP contribution in [0.1, 0.15) is 39.0 Å². The molecule has 1 aliphatic carbocycles. The maximum Gasteiger partial charge on any atom is 0.226 e. The van der Waals surface area contributed by atoms with Crippen LogP contribution in [0.5, 0.6) is 0 Å². The van der Waals surface area contributed by atoms with E-state index in [9.17, 15) is 9.59 Å². The van der Waals surface area contributed by atoms with Gasteiger partial charge in [0.15, 0.2) is 0 Å². The third kappa shape index (κ3) is 2.50. The summed E-state index contributed by atoms with van der Waals surface area (Å²) in [4.78, 5) is 29.0. The van der Waals surface area contributed by atoms with E-state index in [1.54, 1.807) is 6.92 Å². The number of ketones is 1. The quantitative estimate of drug-likeness (QED) is 0.769. The number of piperidine rings is 3. The molecule has 3 saturated heterocycles. The van der Waals surface area contributed by atoms with Gasteiger partial charge in [-0.15, -0.1) is 0 Å². The van der Waals surface area contributed by atoms with Crippen LogP contribution in [0.2, 0.25) is 0 Å². The normalized spacial score (nSPS) is 35.3. The Labute approximate surface area is 121 Å². The number of carbonyl (C=O) groups is 2. The van der Waals surface area contributed by atoms with Crippen LogP contribution in [0.4, 0.5) is 0 Å². The first-order valence-electron chi connectivity index (χ1n) is 8.05. The van der Waals surface area contributed by atoms with Crippen molar-refractivity contribution in [2.45, 2.75) is 45.1 Å². The molecule has 112 valence electrons. The molecule has 0 aromatic rings. The number of rotatable bonds is 2. The maximum absolute atomic E-state index is 12.8. The fourth-order valence-corrected chi connectivity index (χ4v) is 4.37. The Morgan fingerprint density at radius 1 is 1.05 bits per heavy atom. The largest absolute Gasteiger partial charge is 0.338 e. The van der Waals surface area contributed by atoms with Gasteiger partial charge in [0, 0.05) is 24.4 Å². The van der Waals surface area contributed by atoms with Crippen LogP contribution in [0.15, 0.2) is 0 Å². The monoisotopic (exact) mass is 278 g/mol. The highest BCUT2D eigenvalue weighted by molar-refractivity contribution is 5.83. The molecule has 0 radical (unpaired) electrons.